The molecular formula is C13H10FIN2O4. The molecule has 0 unspecified atom stereocenters. The fourth-order valence-corrected chi connectivity index (χ4v) is 2.10. The Morgan fingerprint density at radius 1 is 1.38 bits per heavy atom. The Bertz CT molecular complexity index is 760. The quantitative estimate of drug-likeness (QED) is 0.576. The summed E-state index contributed by atoms with van der Waals surface area (Å²) < 4.78 is 25.2. The number of aromatic nitrogens is 2. The summed E-state index contributed by atoms with van der Waals surface area (Å²) in [6.07, 6.45) is 1.21. The topological polar surface area (TPSA) is 70.4 Å². The average Bonchev–Trinajstić information content (AvgIpc) is 2.49. The van der Waals surface area contributed by atoms with Crippen molar-refractivity contribution in [3.8, 4) is 11.4 Å². The highest BCUT2D eigenvalue weighted by molar-refractivity contribution is 14.1. The number of carbonyl (C=O) groups excluding carboxylic acids is 1. The number of esters is 1. The Kier molecular flexibility index (Phi) is 4.56. The van der Waals surface area contributed by atoms with Crippen LogP contribution < -0.4 is 10.2 Å². The van der Waals surface area contributed by atoms with Crippen LogP contribution in [0.25, 0.3) is 5.69 Å². The van der Waals surface area contributed by atoms with E-state index < -0.39 is 22.9 Å². The van der Waals surface area contributed by atoms with Crippen molar-refractivity contribution in [1.29, 1.82) is 0 Å². The first-order valence-corrected chi connectivity index (χ1v) is 6.77. The van der Waals surface area contributed by atoms with Crippen LogP contribution in [0.2, 0.25) is 0 Å². The van der Waals surface area contributed by atoms with Gasteiger partial charge in [0.05, 0.1) is 20.4 Å². The van der Waals surface area contributed by atoms with Gasteiger partial charge in [0.1, 0.15) is 11.5 Å². The SMILES string of the molecule is COC(=O)c1nn(-c2cc(I)ccc2F)cc(OC)c1=O. The molecular weight excluding hydrogens is 394 g/mol. The molecule has 0 atom stereocenters. The zero-order valence-electron chi connectivity index (χ0n) is 11.1. The first-order chi connectivity index (χ1) is 9.97. The summed E-state index contributed by atoms with van der Waals surface area (Å²) in [6.45, 7) is 0. The lowest BCUT2D eigenvalue weighted by atomic mass is 10.3. The number of carbonyl (C=O) groups is 1. The molecule has 1 aromatic carbocycles. The number of nitrogens with zero attached hydrogens (tertiary/aromatic N) is 2. The highest BCUT2D eigenvalue weighted by Gasteiger charge is 2.19. The maximum absolute atomic E-state index is 13.9. The van der Waals surface area contributed by atoms with Gasteiger partial charge in [-0.1, -0.05) is 0 Å². The van der Waals surface area contributed by atoms with Gasteiger partial charge in [0.25, 0.3) is 5.43 Å². The fraction of sp³-hybridized carbons (Fsp3) is 0.154. The lowest BCUT2D eigenvalue weighted by molar-refractivity contribution is 0.0589. The van der Waals surface area contributed by atoms with E-state index in [-0.39, 0.29) is 11.4 Å². The normalized spacial score (nSPS) is 10.3. The van der Waals surface area contributed by atoms with Gasteiger partial charge in [0.2, 0.25) is 5.69 Å². The third-order valence-corrected chi connectivity index (χ3v) is 3.31. The summed E-state index contributed by atoms with van der Waals surface area (Å²) in [6, 6.07) is 4.37. The second-order valence-electron chi connectivity index (χ2n) is 3.91. The molecule has 2 rings (SSSR count). The Hall–Kier alpha value is -1.97. The summed E-state index contributed by atoms with van der Waals surface area (Å²) >= 11 is 2.01. The van der Waals surface area contributed by atoms with Crippen LogP contribution in [0.3, 0.4) is 0 Å². The van der Waals surface area contributed by atoms with E-state index in [2.05, 4.69) is 9.84 Å². The molecule has 0 aliphatic rings. The van der Waals surface area contributed by atoms with Crippen molar-refractivity contribution < 1.29 is 18.7 Å². The molecule has 0 amide bonds. The van der Waals surface area contributed by atoms with Gasteiger partial charge in [-0.25, -0.2) is 13.9 Å². The van der Waals surface area contributed by atoms with Gasteiger partial charge < -0.3 is 9.47 Å². The molecule has 110 valence electrons. The number of rotatable bonds is 3. The third-order valence-electron chi connectivity index (χ3n) is 2.64. The summed E-state index contributed by atoms with van der Waals surface area (Å²) in [7, 11) is 2.40. The van der Waals surface area contributed by atoms with E-state index in [0.717, 1.165) is 15.4 Å². The molecule has 0 aliphatic heterocycles. The van der Waals surface area contributed by atoms with E-state index in [4.69, 9.17) is 4.74 Å². The number of halogens is 2. The summed E-state index contributed by atoms with van der Waals surface area (Å²) in [4.78, 5) is 23.5. The molecule has 1 aromatic heterocycles. The number of hydrogen-bond donors (Lipinski definition) is 0. The van der Waals surface area contributed by atoms with Crippen LogP contribution >= 0.6 is 22.6 Å². The van der Waals surface area contributed by atoms with Crippen LogP contribution in [0.4, 0.5) is 4.39 Å². The highest BCUT2D eigenvalue weighted by Crippen LogP contribution is 2.17. The van der Waals surface area contributed by atoms with Gasteiger partial charge in [-0.05, 0) is 40.8 Å². The second kappa shape index (κ2) is 6.20. The van der Waals surface area contributed by atoms with Crippen molar-refractivity contribution in [3.05, 3.63) is 49.7 Å². The Morgan fingerprint density at radius 2 is 2.10 bits per heavy atom. The largest absolute Gasteiger partial charge is 0.491 e. The van der Waals surface area contributed by atoms with E-state index >= 15 is 0 Å². The van der Waals surface area contributed by atoms with E-state index in [1.54, 1.807) is 6.07 Å². The molecule has 8 heteroatoms. The lowest BCUT2D eigenvalue weighted by Crippen LogP contribution is -2.24. The van der Waals surface area contributed by atoms with E-state index in [1.807, 2.05) is 22.6 Å². The fourth-order valence-electron chi connectivity index (χ4n) is 1.63. The van der Waals surface area contributed by atoms with Crippen molar-refractivity contribution in [2.75, 3.05) is 14.2 Å². The predicted molar refractivity (Wildman–Crippen MR) is 80.4 cm³/mol. The van der Waals surface area contributed by atoms with E-state index in [0.29, 0.717) is 0 Å². The molecule has 0 N–H and O–H groups in total. The van der Waals surface area contributed by atoms with Crippen LogP contribution in [0.1, 0.15) is 10.5 Å². The standard InChI is InChI=1S/C13H10FIN2O4/c1-20-10-6-17(9-5-7(15)3-4-8(9)14)16-11(12(10)18)13(19)21-2/h3-6H,1-2H3. The number of ether oxygens (including phenoxy) is 2. The highest BCUT2D eigenvalue weighted by atomic mass is 127. The van der Waals surface area contributed by atoms with Gasteiger partial charge in [0, 0.05) is 3.57 Å². The monoisotopic (exact) mass is 404 g/mol. The van der Waals surface area contributed by atoms with Gasteiger partial charge in [0.15, 0.2) is 5.75 Å². The maximum atomic E-state index is 13.9. The van der Waals surface area contributed by atoms with E-state index in [9.17, 15) is 14.0 Å². The Morgan fingerprint density at radius 3 is 2.71 bits per heavy atom. The number of methoxy groups -OCH3 is 2. The third kappa shape index (κ3) is 3.04. The molecule has 0 bridgehead atoms. The molecule has 21 heavy (non-hydrogen) atoms. The zero-order valence-corrected chi connectivity index (χ0v) is 13.3. The molecule has 2 aromatic rings. The molecule has 1 heterocycles. The van der Waals surface area contributed by atoms with Crippen molar-refractivity contribution >= 4 is 28.6 Å². The van der Waals surface area contributed by atoms with Crippen LogP contribution in [-0.4, -0.2) is 30.0 Å². The molecule has 0 saturated carbocycles. The molecule has 0 aliphatic carbocycles. The van der Waals surface area contributed by atoms with Crippen LogP contribution in [0.5, 0.6) is 5.75 Å². The molecule has 0 radical (unpaired) electrons. The van der Waals surface area contributed by atoms with Crippen molar-refractivity contribution in [1.82, 2.24) is 9.78 Å². The minimum Gasteiger partial charge on any atom is -0.491 e. The lowest BCUT2D eigenvalue weighted by Gasteiger charge is -2.10. The molecule has 0 saturated heterocycles. The van der Waals surface area contributed by atoms with Gasteiger partial charge >= 0.3 is 5.97 Å². The van der Waals surface area contributed by atoms with Crippen molar-refractivity contribution in [2.45, 2.75) is 0 Å². The van der Waals surface area contributed by atoms with Crippen LogP contribution in [0.15, 0.2) is 29.2 Å². The van der Waals surface area contributed by atoms with Crippen molar-refractivity contribution in [2.24, 2.45) is 0 Å². The van der Waals surface area contributed by atoms with Crippen molar-refractivity contribution in [3.63, 3.8) is 0 Å². The maximum Gasteiger partial charge on any atom is 0.362 e. The van der Waals surface area contributed by atoms with E-state index in [1.165, 1.54) is 25.4 Å². The zero-order chi connectivity index (χ0) is 15.6. The summed E-state index contributed by atoms with van der Waals surface area (Å²) in [5, 5.41) is 3.83. The number of hydrogen-bond acceptors (Lipinski definition) is 5. The molecule has 0 spiro atoms. The van der Waals surface area contributed by atoms with Crippen LogP contribution in [0, 0.1) is 9.39 Å². The first kappa shape index (κ1) is 15.4. The average molecular weight is 404 g/mol. The van der Waals surface area contributed by atoms with Gasteiger partial charge in [-0.2, -0.15) is 5.10 Å². The predicted octanol–water partition coefficient (Wildman–Crippen LogP) is 1.77. The summed E-state index contributed by atoms with van der Waals surface area (Å²) in [5.41, 5.74) is -1.10. The Labute approximate surface area is 132 Å². The summed E-state index contributed by atoms with van der Waals surface area (Å²) in [5.74, 6) is -1.60. The minimum atomic E-state index is -0.918. The molecule has 6 nitrogen and oxygen atoms in total. The van der Waals surface area contributed by atoms with Gasteiger partial charge in [-0.15, -0.1) is 0 Å². The molecule has 0 fully saturated rings. The second-order valence-corrected chi connectivity index (χ2v) is 5.15. The number of benzene rings is 1. The Balaban J connectivity index is 2.72. The smallest absolute Gasteiger partial charge is 0.362 e. The van der Waals surface area contributed by atoms with Gasteiger partial charge in [-0.3, -0.25) is 4.79 Å². The van der Waals surface area contributed by atoms with Crippen LogP contribution in [-0.2, 0) is 4.74 Å². The first-order valence-electron chi connectivity index (χ1n) is 5.69. The minimum absolute atomic E-state index is 0.0883.